The molecule has 0 aromatic heterocycles. The molecule has 0 spiro atoms. The number of ether oxygens (including phenoxy) is 1. The number of nitrogens with one attached hydrogen (secondary N) is 1. The summed E-state index contributed by atoms with van der Waals surface area (Å²) in [5.74, 6) is -2.99. The van der Waals surface area contributed by atoms with Gasteiger partial charge in [-0.15, -0.1) is 0 Å². The number of hydrogen-bond acceptors (Lipinski definition) is 5. The Morgan fingerprint density at radius 1 is 1.14 bits per heavy atom. The summed E-state index contributed by atoms with van der Waals surface area (Å²) >= 11 is 0. The second-order valence-electron chi connectivity index (χ2n) is 5.50. The van der Waals surface area contributed by atoms with E-state index in [0.29, 0.717) is 6.07 Å². The highest BCUT2D eigenvalue weighted by Gasteiger charge is 2.33. The van der Waals surface area contributed by atoms with Crippen LogP contribution in [0.15, 0.2) is 36.4 Å². The van der Waals surface area contributed by atoms with Crippen LogP contribution in [0.25, 0.3) is 0 Å². The summed E-state index contributed by atoms with van der Waals surface area (Å²) in [5, 5.41) is 13.1. The number of non-ortho nitro benzene ring substituents is 1. The maximum absolute atomic E-state index is 13.1. The van der Waals surface area contributed by atoms with Crippen molar-refractivity contribution in [1.29, 1.82) is 0 Å². The van der Waals surface area contributed by atoms with Gasteiger partial charge in [0.15, 0.2) is 0 Å². The predicted octanol–water partition coefficient (Wildman–Crippen LogP) is 3.47. The molecule has 0 saturated heterocycles. The highest BCUT2D eigenvalue weighted by molar-refractivity contribution is 5.98. The van der Waals surface area contributed by atoms with E-state index in [4.69, 9.17) is 0 Å². The van der Waals surface area contributed by atoms with Crippen LogP contribution in [0, 0.1) is 15.9 Å². The lowest BCUT2D eigenvalue weighted by Gasteiger charge is -2.14. The molecule has 2 aromatic carbocycles. The number of rotatable bonds is 5. The lowest BCUT2D eigenvalue weighted by atomic mass is 10.1. The van der Waals surface area contributed by atoms with Gasteiger partial charge < -0.3 is 10.1 Å². The molecule has 0 fully saturated rings. The van der Waals surface area contributed by atoms with Crippen molar-refractivity contribution in [2.24, 2.45) is 0 Å². The minimum absolute atomic E-state index is 0.278. The van der Waals surface area contributed by atoms with Gasteiger partial charge in [0.25, 0.3) is 11.6 Å². The number of nitrogens with zero attached hydrogens (tertiary/aromatic N) is 1. The van der Waals surface area contributed by atoms with Gasteiger partial charge in [-0.3, -0.25) is 14.9 Å². The first-order chi connectivity index (χ1) is 13.0. The van der Waals surface area contributed by atoms with Crippen molar-refractivity contribution >= 4 is 17.6 Å². The summed E-state index contributed by atoms with van der Waals surface area (Å²) < 4.78 is 56.5. The number of halogens is 4. The van der Waals surface area contributed by atoms with E-state index in [9.17, 15) is 37.3 Å². The van der Waals surface area contributed by atoms with Gasteiger partial charge in [0.05, 0.1) is 23.2 Å². The highest BCUT2D eigenvalue weighted by atomic mass is 19.4. The molecule has 0 aliphatic rings. The van der Waals surface area contributed by atoms with Crippen molar-refractivity contribution < 1.29 is 36.8 Å². The van der Waals surface area contributed by atoms with Crippen LogP contribution in [0.2, 0.25) is 0 Å². The SMILES string of the molecule is COC(=O)c1cc(C(=O)NCc2ccc(F)cc2C(F)(F)F)cc([N+](=O)[O-])c1. The number of carbonyl (C=O) groups is 2. The molecule has 0 aliphatic heterocycles. The molecule has 7 nitrogen and oxygen atoms in total. The van der Waals surface area contributed by atoms with Crippen molar-refractivity contribution in [2.75, 3.05) is 7.11 Å². The van der Waals surface area contributed by atoms with Gasteiger partial charge in [-0.1, -0.05) is 6.07 Å². The number of hydrogen-bond donors (Lipinski definition) is 1. The summed E-state index contributed by atoms with van der Waals surface area (Å²) in [6.07, 6.45) is -4.84. The van der Waals surface area contributed by atoms with Crippen LogP contribution in [0.5, 0.6) is 0 Å². The number of benzene rings is 2. The van der Waals surface area contributed by atoms with Crippen LogP contribution in [-0.2, 0) is 17.5 Å². The maximum Gasteiger partial charge on any atom is 0.416 e. The minimum atomic E-state index is -4.84. The van der Waals surface area contributed by atoms with E-state index in [0.717, 1.165) is 37.4 Å². The molecule has 148 valence electrons. The topological polar surface area (TPSA) is 98.5 Å². The van der Waals surface area contributed by atoms with Crippen LogP contribution in [0.1, 0.15) is 31.8 Å². The fourth-order valence-corrected chi connectivity index (χ4v) is 2.33. The van der Waals surface area contributed by atoms with E-state index in [1.807, 2.05) is 0 Å². The van der Waals surface area contributed by atoms with E-state index < -0.39 is 52.2 Å². The smallest absolute Gasteiger partial charge is 0.416 e. The molecule has 2 rings (SSSR count). The molecule has 0 saturated carbocycles. The Morgan fingerprint density at radius 2 is 1.79 bits per heavy atom. The Kier molecular flexibility index (Phi) is 5.96. The molecule has 0 radical (unpaired) electrons. The zero-order chi connectivity index (χ0) is 21.1. The number of alkyl halides is 3. The Hall–Kier alpha value is -3.50. The van der Waals surface area contributed by atoms with Gasteiger partial charge in [0.1, 0.15) is 5.82 Å². The van der Waals surface area contributed by atoms with Gasteiger partial charge in [0, 0.05) is 24.2 Å². The third-order valence-electron chi connectivity index (χ3n) is 3.63. The zero-order valence-corrected chi connectivity index (χ0v) is 14.2. The van der Waals surface area contributed by atoms with Crippen molar-refractivity contribution in [2.45, 2.75) is 12.7 Å². The summed E-state index contributed by atoms with van der Waals surface area (Å²) in [5.41, 5.74) is -2.85. The third kappa shape index (κ3) is 4.81. The van der Waals surface area contributed by atoms with Crippen LogP contribution in [0.3, 0.4) is 0 Å². The molecule has 1 amide bonds. The van der Waals surface area contributed by atoms with Crippen molar-refractivity contribution in [3.05, 3.63) is 74.6 Å². The average molecular weight is 400 g/mol. The summed E-state index contributed by atoms with van der Waals surface area (Å²) in [6, 6.07) is 4.72. The van der Waals surface area contributed by atoms with Crippen LogP contribution in [0.4, 0.5) is 23.2 Å². The normalized spacial score (nSPS) is 11.0. The lowest BCUT2D eigenvalue weighted by Crippen LogP contribution is -2.25. The molecule has 11 heteroatoms. The molecule has 0 bridgehead atoms. The third-order valence-corrected chi connectivity index (χ3v) is 3.63. The van der Waals surface area contributed by atoms with E-state index in [-0.39, 0.29) is 11.1 Å². The number of amides is 1. The van der Waals surface area contributed by atoms with E-state index in [2.05, 4.69) is 10.1 Å². The van der Waals surface area contributed by atoms with Crippen molar-refractivity contribution in [3.8, 4) is 0 Å². The standard InChI is InChI=1S/C17H12F4N2O5/c1-28-16(25)11-4-10(5-13(6-11)23(26)27)15(24)22-8-9-2-3-12(18)7-14(9)17(19,20)21/h2-7H,8H2,1H3,(H,22,24). The first-order valence-electron chi connectivity index (χ1n) is 7.54. The Balaban J connectivity index is 2.30. The number of esters is 1. The highest BCUT2D eigenvalue weighted by Crippen LogP contribution is 2.32. The van der Waals surface area contributed by atoms with Crippen LogP contribution in [-0.4, -0.2) is 23.9 Å². The number of nitro groups is 1. The molecule has 0 heterocycles. The van der Waals surface area contributed by atoms with Gasteiger partial charge in [-0.2, -0.15) is 13.2 Å². The van der Waals surface area contributed by atoms with Crippen LogP contribution >= 0.6 is 0 Å². The number of methoxy groups -OCH3 is 1. The summed E-state index contributed by atoms with van der Waals surface area (Å²) in [6.45, 7) is -0.621. The Labute approximate surface area is 155 Å². The molecule has 0 aliphatic carbocycles. The first kappa shape index (κ1) is 20.8. The van der Waals surface area contributed by atoms with Gasteiger partial charge >= 0.3 is 12.1 Å². The fourth-order valence-electron chi connectivity index (χ4n) is 2.33. The Bertz CT molecular complexity index is 944. The minimum Gasteiger partial charge on any atom is -0.465 e. The second kappa shape index (κ2) is 8.03. The van der Waals surface area contributed by atoms with E-state index in [1.54, 1.807) is 0 Å². The molecule has 0 atom stereocenters. The molecule has 28 heavy (non-hydrogen) atoms. The number of nitro benzene ring substituents is 1. The second-order valence-corrected chi connectivity index (χ2v) is 5.50. The zero-order valence-electron chi connectivity index (χ0n) is 14.2. The Morgan fingerprint density at radius 3 is 2.36 bits per heavy atom. The molecule has 0 unspecified atom stereocenters. The maximum atomic E-state index is 13.1. The quantitative estimate of drug-likeness (QED) is 0.359. The monoisotopic (exact) mass is 400 g/mol. The summed E-state index contributed by atoms with van der Waals surface area (Å²) in [7, 11) is 1.04. The van der Waals surface area contributed by atoms with Crippen molar-refractivity contribution in [3.63, 3.8) is 0 Å². The van der Waals surface area contributed by atoms with Crippen LogP contribution < -0.4 is 5.32 Å². The predicted molar refractivity (Wildman–Crippen MR) is 87.0 cm³/mol. The van der Waals surface area contributed by atoms with Crippen molar-refractivity contribution in [1.82, 2.24) is 5.32 Å². The number of carbonyl (C=O) groups excluding carboxylic acids is 2. The molecular weight excluding hydrogens is 388 g/mol. The summed E-state index contributed by atoms with van der Waals surface area (Å²) in [4.78, 5) is 34.0. The lowest BCUT2D eigenvalue weighted by molar-refractivity contribution is -0.384. The molecule has 1 N–H and O–H groups in total. The van der Waals surface area contributed by atoms with E-state index >= 15 is 0 Å². The average Bonchev–Trinajstić information content (AvgIpc) is 2.64. The van der Waals surface area contributed by atoms with Gasteiger partial charge in [0.2, 0.25) is 0 Å². The molecule has 2 aromatic rings. The fraction of sp³-hybridized carbons (Fsp3) is 0.176. The molecular formula is C17H12F4N2O5. The van der Waals surface area contributed by atoms with E-state index in [1.165, 1.54) is 0 Å². The van der Waals surface area contributed by atoms with Gasteiger partial charge in [-0.25, -0.2) is 9.18 Å². The van der Waals surface area contributed by atoms with Gasteiger partial charge in [-0.05, 0) is 23.8 Å². The largest absolute Gasteiger partial charge is 0.465 e. The first-order valence-corrected chi connectivity index (χ1v) is 7.54.